The molecule has 0 radical (unpaired) electrons. The summed E-state index contributed by atoms with van der Waals surface area (Å²) in [6, 6.07) is 8.41. The first-order valence-corrected chi connectivity index (χ1v) is 6.13. The van der Waals surface area contributed by atoms with Crippen LogP contribution in [0.5, 0.6) is 0 Å². The predicted molar refractivity (Wildman–Crippen MR) is 69.5 cm³/mol. The molecule has 0 saturated heterocycles. The minimum atomic E-state index is -0.463. The zero-order valence-corrected chi connectivity index (χ0v) is 10.0. The maximum Gasteiger partial charge on any atom is 0.181 e. The van der Waals surface area contributed by atoms with Crippen LogP contribution in [0.3, 0.4) is 0 Å². The summed E-state index contributed by atoms with van der Waals surface area (Å²) in [6.45, 7) is 0. The fourth-order valence-corrected chi connectivity index (χ4v) is 2.24. The number of H-pyrrole nitrogens is 1. The molecular weight excluding hydrogens is 251 g/mol. The van der Waals surface area contributed by atoms with Gasteiger partial charge < -0.3 is 5.73 Å². The molecule has 3 N–H and O–H groups in total. The lowest BCUT2D eigenvalue weighted by Gasteiger charge is -1.98. The maximum atomic E-state index is 13.4. The second kappa shape index (κ2) is 4.23. The van der Waals surface area contributed by atoms with Crippen molar-refractivity contribution in [3.8, 4) is 22.1 Å². The van der Waals surface area contributed by atoms with Crippen molar-refractivity contribution in [1.29, 1.82) is 0 Å². The summed E-state index contributed by atoms with van der Waals surface area (Å²) >= 11 is 1.56. The SMILES string of the molecule is Nc1ccc(-c2n[nH]c(-c3cccs3)n2)cc1F. The van der Waals surface area contributed by atoms with Crippen LogP contribution < -0.4 is 5.73 Å². The molecule has 6 heteroatoms. The van der Waals surface area contributed by atoms with Crippen molar-refractivity contribution < 1.29 is 4.39 Å². The Morgan fingerprint density at radius 1 is 1.28 bits per heavy atom. The summed E-state index contributed by atoms with van der Waals surface area (Å²) in [7, 11) is 0. The minimum Gasteiger partial charge on any atom is -0.396 e. The average molecular weight is 260 g/mol. The van der Waals surface area contributed by atoms with Crippen molar-refractivity contribution in [3.05, 3.63) is 41.5 Å². The Labute approximate surface area is 106 Å². The molecule has 3 rings (SSSR count). The second-order valence-electron chi connectivity index (χ2n) is 3.72. The molecule has 18 heavy (non-hydrogen) atoms. The van der Waals surface area contributed by atoms with Crippen LogP contribution in [0.15, 0.2) is 35.7 Å². The molecule has 90 valence electrons. The smallest absolute Gasteiger partial charge is 0.181 e. The summed E-state index contributed by atoms with van der Waals surface area (Å²) in [5, 5.41) is 8.87. The Morgan fingerprint density at radius 3 is 2.89 bits per heavy atom. The highest BCUT2D eigenvalue weighted by atomic mass is 32.1. The number of hydrogen-bond acceptors (Lipinski definition) is 4. The van der Waals surface area contributed by atoms with Crippen molar-refractivity contribution in [2.75, 3.05) is 5.73 Å². The molecule has 0 amide bonds. The number of hydrogen-bond donors (Lipinski definition) is 2. The summed E-state index contributed by atoms with van der Waals surface area (Å²) in [5.74, 6) is 0.671. The van der Waals surface area contributed by atoms with E-state index in [-0.39, 0.29) is 5.69 Å². The fourth-order valence-electron chi connectivity index (χ4n) is 1.58. The molecule has 2 aromatic heterocycles. The van der Waals surface area contributed by atoms with E-state index in [1.807, 2.05) is 17.5 Å². The summed E-state index contributed by atoms with van der Waals surface area (Å²) in [5.41, 5.74) is 6.14. The maximum absolute atomic E-state index is 13.4. The molecule has 0 unspecified atom stereocenters. The van der Waals surface area contributed by atoms with Gasteiger partial charge in [-0.1, -0.05) is 6.07 Å². The van der Waals surface area contributed by atoms with Gasteiger partial charge in [0, 0.05) is 5.56 Å². The Balaban J connectivity index is 2.00. The van der Waals surface area contributed by atoms with E-state index in [4.69, 9.17) is 5.73 Å². The molecule has 0 aliphatic carbocycles. The minimum absolute atomic E-state index is 0.118. The first-order chi connectivity index (χ1) is 8.74. The summed E-state index contributed by atoms with van der Waals surface area (Å²) < 4.78 is 13.4. The number of thiophene rings is 1. The van der Waals surface area contributed by atoms with Crippen LogP contribution in [0.4, 0.5) is 10.1 Å². The Kier molecular flexibility index (Phi) is 2.56. The number of nitrogens with two attached hydrogens (primary N) is 1. The third-order valence-corrected chi connectivity index (χ3v) is 3.38. The molecule has 1 aromatic carbocycles. The number of nitrogens with zero attached hydrogens (tertiary/aromatic N) is 2. The van der Waals surface area contributed by atoms with Gasteiger partial charge in [-0.15, -0.1) is 11.3 Å². The van der Waals surface area contributed by atoms with Crippen molar-refractivity contribution >= 4 is 17.0 Å². The van der Waals surface area contributed by atoms with Crippen LogP contribution in [0.25, 0.3) is 22.1 Å². The highest BCUT2D eigenvalue weighted by molar-refractivity contribution is 7.13. The number of aromatic nitrogens is 3. The lowest BCUT2D eigenvalue weighted by atomic mass is 10.2. The van der Waals surface area contributed by atoms with Gasteiger partial charge in [-0.25, -0.2) is 9.37 Å². The highest BCUT2D eigenvalue weighted by Gasteiger charge is 2.09. The van der Waals surface area contributed by atoms with E-state index in [1.54, 1.807) is 17.4 Å². The zero-order valence-electron chi connectivity index (χ0n) is 9.22. The standard InChI is InChI=1S/C12H9FN4S/c13-8-6-7(3-4-9(8)14)11-15-12(17-16-11)10-2-1-5-18-10/h1-6H,14H2,(H,15,16,17). The molecule has 0 aliphatic rings. The van der Waals surface area contributed by atoms with E-state index in [0.29, 0.717) is 17.2 Å². The van der Waals surface area contributed by atoms with Gasteiger partial charge >= 0.3 is 0 Å². The molecule has 0 bridgehead atoms. The molecule has 3 aromatic rings. The average Bonchev–Trinajstić information content (AvgIpc) is 3.01. The third-order valence-electron chi connectivity index (χ3n) is 2.50. The predicted octanol–water partition coefficient (Wildman–Crippen LogP) is 2.92. The normalized spacial score (nSPS) is 10.7. The van der Waals surface area contributed by atoms with Crippen LogP contribution in [0.2, 0.25) is 0 Å². The van der Waals surface area contributed by atoms with Crippen LogP contribution in [-0.2, 0) is 0 Å². The Bertz CT molecular complexity index is 675. The lowest BCUT2D eigenvalue weighted by molar-refractivity contribution is 0.633. The van der Waals surface area contributed by atoms with Crippen LogP contribution in [0.1, 0.15) is 0 Å². The lowest BCUT2D eigenvalue weighted by Crippen LogP contribution is -1.91. The van der Waals surface area contributed by atoms with E-state index in [0.717, 1.165) is 4.88 Å². The van der Waals surface area contributed by atoms with E-state index in [9.17, 15) is 4.39 Å². The first kappa shape index (κ1) is 10.9. The molecule has 0 spiro atoms. The molecule has 0 atom stereocenters. The molecule has 4 nitrogen and oxygen atoms in total. The van der Waals surface area contributed by atoms with Crippen molar-refractivity contribution in [2.24, 2.45) is 0 Å². The van der Waals surface area contributed by atoms with E-state index < -0.39 is 5.82 Å². The van der Waals surface area contributed by atoms with Crippen LogP contribution in [-0.4, -0.2) is 15.2 Å². The van der Waals surface area contributed by atoms with Gasteiger partial charge in [-0.05, 0) is 29.6 Å². The highest BCUT2D eigenvalue weighted by Crippen LogP contribution is 2.24. The number of anilines is 1. The second-order valence-corrected chi connectivity index (χ2v) is 4.67. The molecule has 0 aliphatic heterocycles. The molecule has 0 saturated carbocycles. The van der Waals surface area contributed by atoms with Crippen LogP contribution in [0, 0.1) is 5.82 Å². The first-order valence-electron chi connectivity index (χ1n) is 5.26. The van der Waals surface area contributed by atoms with Gasteiger partial charge in [0.25, 0.3) is 0 Å². The van der Waals surface area contributed by atoms with Gasteiger partial charge in [-0.2, -0.15) is 5.10 Å². The fraction of sp³-hybridized carbons (Fsp3) is 0. The molecular formula is C12H9FN4S. The Morgan fingerprint density at radius 2 is 2.17 bits per heavy atom. The number of aromatic amines is 1. The topological polar surface area (TPSA) is 67.6 Å². The number of benzene rings is 1. The van der Waals surface area contributed by atoms with Gasteiger partial charge in [0.15, 0.2) is 11.6 Å². The third kappa shape index (κ3) is 1.86. The van der Waals surface area contributed by atoms with Gasteiger partial charge in [0.05, 0.1) is 10.6 Å². The van der Waals surface area contributed by atoms with Crippen molar-refractivity contribution in [3.63, 3.8) is 0 Å². The van der Waals surface area contributed by atoms with E-state index in [2.05, 4.69) is 15.2 Å². The number of halogens is 1. The molecule has 2 heterocycles. The van der Waals surface area contributed by atoms with E-state index in [1.165, 1.54) is 12.1 Å². The van der Waals surface area contributed by atoms with Crippen LogP contribution >= 0.6 is 11.3 Å². The zero-order chi connectivity index (χ0) is 12.5. The number of nitrogen functional groups attached to an aromatic ring is 1. The number of nitrogens with one attached hydrogen (secondary N) is 1. The van der Waals surface area contributed by atoms with Gasteiger partial charge in [0.1, 0.15) is 5.82 Å². The van der Waals surface area contributed by atoms with Crippen molar-refractivity contribution in [2.45, 2.75) is 0 Å². The Hall–Kier alpha value is -2.21. The largest absolute Gasteiger partial charge is 0.396 e. The van der Waals surface area contributed by atoms with Gasteiger partial charge in [0.2, 0.25) is 0 Å². The summed E-state index contributed by atoms with van der Waals surface area (Å²) in [6.07, 6.45) is 0. The van der Waals surface area contributed by atoms with Gasteiger partial charge in [-0.3, -0.25) is 5.10 Å². The molecule has 0 fully saturated rings. The quantitative estimate of drug-likeness (QED) is 0.696. The number of rotatable bonds is 2. The van der Waals surface area contributed by atoms with E-state index >= 15 is 0 Å². The summed E-state index contributed by atoms with van der Waals surface area (Å²) in [4.78, 5) is 5.32. The monoisotopic (exact) mass is 260 g/mol. The van der Waals surface area contributed by atoms with Crippen molar-refractivity contribution in [1.82, 2.24) is 15.2 Å².